The summed E-state index contributed by atoms with van der Waals surface area (Å²) < 4.78 is 0. The lowest BCUT2D eigenvalue weighted by atomic mass is 9.90. The van der Waals surface area contributed by atoms with Gasteiger partial charge in [-0.2, -0.15) is 0 Å². The Morgan fingerprint density at radius 3 is 2.50 bits per heavy atom. The number of aryl methyl sites for hydroxylation is 2. The number of carbonyl (C=O) groups excluding carboxylic acids is 2. The molecule has 2 aliphatic rings. The summed E-state index contributed by atoms with van der Waals surface area (Å²) in [5.41, 5.74) is 4.74. The van der Waals surface area contributed by atoms with Crippen molar-refractivity contribution in [2.24, 2.45) is 11.8 Å². The van der Waals surface area contributed by atoms with E-state index >= 15 is 0 Å². The van der Waals surface area contributed by atoms with E-state index in [1.54, 1.807) is 23.5 Å². The van der Waals surface area contributed by atoms with E-state index in [0.717, 1.165) is 45.5 Å². The molecule has 5 rings (SSSR count). The predicted octanol–water partition coefficient (Wildman–Crippen LogP) is 3.68. The van der Waals surface area contributed by atoms with E-state index in [2.05, 4.69) is 37.6 Å². The summed E-state index contributed by atoms with van der Waals surface area (Å²) >= 11 is 3.16. The lowest BCUT2D eigenvalue weighted by Crippen LogP contribution is -2.46. The summed E-state index contributed by atoms with van der Waals surface area (Å²) in [7, 11) is 2.17. The molecule has 0 spiro atoms. The number of pyridine rings is 1. The number of piperidine rings is 1. The zero-order valence-electron chi connectivity index (χ0n) is 19.4. The van der Waals surface area contributed by atoms with Crippen LogP contribution in [0.15, 0.2) is 23.7 Å². The van der Waals surface area contributed by atoms with E-state index in [1.807, 2.05) is 19.2 Å². The van der Waals surface area contributed by atoms with E-state index in [0.29, 0.717) is 23.5 Å². The minimum atomic E-state index is 0.0185. The molecule has 0 aromatic carbocycles. The minimum absolute atomic E-state index is 0.0185. The average Bonchev–Trinajstić information content (AvgIpc) is 3.48. The fourth-order valence-corrected chi connectivity index (χ4v) is 6.27. The van der Waals surface area contributed by atoms with Gasteiger partial charge in [-0.1, -0.05) is 0 Å². The number of hydrogen-bond donors (Lipinski definition) is 3. The SMILES string of the molecule is CN1[C@@H]2CC[C@H]1CC(C(=O)NN)C2.Cc1nc(C)c(-c2csc(Nc3ccc(C=O)cn3)n2)s1. The van der Waals surface area contributed by atoms with Crippen LogP contribution in [-0.2, 0) is 4.79 Å². The zero-order valence-corrected chi connectivity index (χ0v) is 21.1. The Hall–Kier alpha value is -2.73. The van der Waals surface area contributed by atoms with Crippen LogP contribution in [0.25, 0.3) is 10.6 Å². The largest absolute Gasteiger partial charge is 0.316 e. The van der Waals surface area contributed by atoms with Gasteiger partial charge in [0.2, 0.25) is 5.91 Å². The molecule has 5 heterocycles. The van der Waals surface area contributed by atoms with E-state index in [-0.39, 0.29) is 11.8 Å². The Labute approximate surface area is 206 Å². The summed E-state index contributed by atoms with van der Waals surface area (Å²) in [6.45, 7) is 3.98. The van der Waals surface area contributed by atoms with Crippen LogP contribution in [0.5, 0.6) is 0 Å². The van der Waals surface area contributed by atoms with Gasteiger partial charge in [-0.3, -0.25) is 15.0 Å². The number of rotatable bonds is 5. The van der Waals surface area contributed by atoms with Crippen LogP contribution in [-0.4, -0.2) is 51.2 Å². The molecule has 4 N–H and O–H groups in total. The lowest BCUT2D eigenvalue weighted by Gasteiger charge is -2.35. The van der Waals surface area contributed by atoms with Crippen molar-refractivity contribution in [3.8, 4) is 10.6 Å². The first-order chi connectivity index (χ1) is 16.4. The number of amides is 1. The Bertz CT molecular complexity index is 1130. The van der Waals surface area contributed by atoms with Crippen molar-refractivity contribution in [3.05, 3.63) is 40.0 Å². The van der Waals surface area contributed by atoms with Gasteiger partial charge in [-0.15, -0.1) is 22.7 Å². The first kappa shape index (κ1) is 24.4. The molecule has 3 atom stereocenters. The number of carbonyl (C=O) groups is 2. The minimum Gasteiger partial charge on any atom is -0.316 e. The van der Waals surface area contributed by atoms with Crippen molar-refractivity contribution in [3.63, 3.8) is 0 Å². The fourth-order valence-electron chi connectivity index (χ4n) is 4.61. The number of nitrogens with one attached hydrogen (secondary N) is 2. The molecule has 1 amide bonds. The van der Waals surface area contributed by atoms with Crippen LogP contribution in [0.2, 0.25) is 0 Å². The molecule has 2 saturated heterocycles. The average molecular weight is 500 g/mol. The molecular formula is C23H29N7O2S2. The number of aromatic nitrogens is 3. The first-order valence-corrected chi connectivity index (χ1v) is 12.9. The summed E-state index contributed by atoms with van der Waals surface area (Å²) in [4.78, 5) is 38.6. The molecule has 0 aliphatic carbocycles. The molecule has 3 aromatic rings. The molecule has 0 saturated carbocycles. The smallest absolute Gasteiger partial charge is 0.237 e. The van der Waals surface area contributed by atoms with E-state index in [9.17, 15) is 9.59 Å². The lowest BCUT2D eigenvalue weighted by molar-refractivity contribution is -0.127. The zero-order chi connectivity index (χ0) is 24.2. The second kappa shape index (κ2) is 10.7. The summed E-state index contributed by atoms with van der Waals surface area (Å²) in [6.07, 6.45) is 6.75. The second-order valence-electron chi connectivity index (χ2n) is 8.63. The highest BCUT2D eigenvalue weighted by molar-refractivity contribution is 7.16. The second-order valence-corrected chi connectivity index (χ2v) is 10.7. The Kier molecular flexibility index (Phi) is 7.67. The number of nitrogens with two attached hydrogens (primary N) is 1. The van der Waals surface area contributed by atoms with Gasteiger partial charge in [0.1, 0.15) is 5.82 Å². The molecular weight excluding hydrogens is 470 g/mol. The van der Waals surface area contributed by atoms with Gasteiger partial charge < -0.3 is 10.2 Å². The van der Waals surface area contributed by atoms with Crippen molar-refractivity contribution in [1.29, 1.82) is 0 Å². The number of nitrogens with zero attached hydrogens (tertiary/aromatic N) is 4. The van der Waals surface area contributed by atoms with Crippen LogP contribution in [0, 0.1) is 19.8 Å². The van der Waals surface area contributed by atoms with Crippen LogP contribution in [0.1, 0.15) is 46.7 Å². The maximum absolute atomic E-state index is 11.3. The van der Waals surface area contributed by atoms with Crippen LogP contribution >= 0.6 is 22.7 Å². The van der Waals surface area contributed by atoms with Crippen molar-refractivity contribution >= 4 is 45.8 Å². The van der Waals surface area contributed by atoms with Crippen LogP contribution in [0.4, 0.5) is 10.9 Å². The standard InChI is InChI=1S/C14H12N4OS2.C9H17N3O/c1-8-13(21-9(2)16-8)11-7-20-14(17-11)18-12-4-3-10(6-19)5-15-12;1-12-7-2-3-8(12)5-6(4-7)9(13)11-10/h3-7H,1-2H3,(H,15,17,18);6-8H,2-5,10H2,1H3,(H,11,13)/t;6?,7-,8+. The highest BCUT2D eigenvalue weighted by Gasteiger charge is 2.40. The van der Waals surface area contributed by atoms with Gasteiger partial charge in [0.25, 0.3) is 0 Å². The van der Waals surface area contributed by atoms with Crippen molar-refractivity contribution < 1.29 is 9.59 Å². The number of hydrazine groups is 1. The quantitative estimate of drug-likeness (QED) is 0.210. The summed E-state index contributed by atoms with van der Waals surface area (Å²) in [6, 6.07) is 4.70. The van der Waals surface area contributed by atoms with Gasteiger partial charge >= 0.3 is 0 Å². The molecule has 11 heteroatoms. The summed E-state index contributed by atoms with van der Waals surface area (Å²) in [5, 5.41) is 6.94. The Morgan fingerprint density at radius 2 is 1.94 bits per heavy atom. The normalized spacial score (nSPS) is 21.5. The van der Waals surface area contributed by atoms with Gasteiger partial charge in [-0.25, -0.2) is 20.8 Å². The van der Waals surface area contributed by atoms with Gasteiger partial charge in [-0.05, 0) is 58.7 Å². The molecule has 0 radical (unpaired) electrons. The predicted molar refractivity (Wildman–Crippen MR) is 135 cm³/mol. The van der Waals surface area contributed by atoms with Gasteiger partial charge in [0.05, 0.1) is 21.3 Å². The summed E-state index contributed by atoms with van der Waals surface area (Å²) in [5.74, 6) is 5.97. The van der Waals surface area contributed by atoms with Gasteiger partial charge in [0, 0.05) is 35.1 Å². The molecule has 180 valence electrons. The third kappa shape index (κ3) is 5.49. The van der Waals surface area contributed by atoms with E-state index in [4.69, 9.17) is 5.84 Å². The van der Waals surface area contributed by atoms with Crippen LogP contribution < -0.4 is 16.6 Å². The number of thiazole rings is 2. The number of hydrogen-bond acceptors (Lipinski definition) is 10. The van der Waals surface area contributed by atoms with Crippen molar-refractivity contribution in [2.75, 3.05) is 12.4 Å². The van der Waals surface area contributed by atoms with Gasteiger partial charge in [0.15, 0.2) is 11.4 Å². The molecule has 2 bridgehead atoms. The molecule has 1 unspecified atom stereocenters. The van der Waals surface area contributed by atoms with E-state index in [1.165, 1.54) is 30.4 Å². The molecule has 3 aromatic heterocycles. The maximum Gasteiger partial charge on any atom is 0.237 e. The van der Waals surface area contributed by atoms with E-state index < -0.39 is 0 Å². The Morgan fingerprint density at radius 1 is 1.21 bits per heavy atom. The molecule has 2 fully saturated rings. The highest BCUT2D eigenvalue weighted by Crippen LogP contribution is 2.37. The molecule has 9 nitrogen and oxygen atoms in total. The topological polar surface area (TPSA) is 126 Å². The van der Waals surface area contributed by atoms with Crippen LogP contribution in [0.3, 0.4) is 0 Å². The molecule has 2 aliphatic heterocycles. The first-order valence-electron chi connectivity index (χ1n) is 11.2. The monoisotopic (exact) mass is 499 g/mol. The highest BCUT2D eigenvalue weighted by atomic mass is 32.1. The third-order valence-electron chi connectivity index (χ3n) is 6.41. The van der Waals surface area contributed by atoms with Crippen molar-refractivity contribution in [1.82, 2.24) is 25.3 Å². The fraction of sp³-hybridized carbons (Fsp3) is 0.435. The number of fused-ring (bicyclic) bond motifs is 2. The number of anilines is 2. The maximum atomic E-state index is 11.3. The molecule has 34 heavy (non-hydrogen) atoms. The Balaban J connectivity index is 0.000000180. The number of aldehydes is 1. The van der Waals surface area contributed by atoms with Crippen molar-refractivity contribution in [2.45, 2.75) is 51.6 Å². The third-order valence-corrected chi connectivity index (χ3v) is 8.26.